The van der Waals surface area contributed by atoms with Crippen molar-refractivity contribution in [1.82, 2.24) is 5.32 Å². The number of fused-ring (bicyclic) bond motifs is 1. The third-order valence-electron chi connectivity index (χ3n) is 6.77. The Balaban J connectivity index is 1.66. The van der Waals surface area contributed by atoms with Gasteiger partial charge in [-0.15, -0.1) is 0 Å². The molecule has 182 valence electrons. The number of nitrogens with one attached hydrogen (secondary N) is 1. The second-order valence-electron chi connectivity index (χ2n) is 8.52. The molecule has 0 fully saturated rings. The number of dihydropyridines is 1. The maximum atomic E-state index is 14.3. The highest BCUT2D eigenvalue weighted by Crippen LogP contribution is 2.55. The van der Waals surface area contributed by atoms with Crippen LogP contribution in [0.3, 0.4) is 0 Å². The second-order valence-corrected chi connectivity index (χ2v) is 9.68. The van der Waals surface area contributed by atoms with Gasteiger partial charge in [0.15, 0.2) is 5.75 Å². The lowest BCUT2D eigenvalue weighted by Crippen LogP contribution is -2.58. The van der Waals surface area contributed by atoms with Crippen LogP contribution in [0.25, 0.3) is 0 Å². The molecule has 0 amide bonds. The van der Waals surface area contributed by atoms with Crippen molar-refractivity contribution >= 4 is 40.5 Å². The van der Waals surface area contributed by atoms with E-state index >= 15 is 0 Å². The lowest BCUT2D eigenvalue weighted by atomic mass is 9.67. The fraction of sp³-hybridized carbons (Fsp3) is 0.320. The number of hydrogen-bond acceptors (Lipinski definition) is 9. The van der Waals surface area contributed by atoms with Crippen LogP contribution in [0.4, 0.5) is 0 Å². The van der Waals surface area contributed by atoms with E-state index in [1.165, 1.54) is 38.7 Å². The monoisotopic (exact) mass is 515 g/mol. The van der Waals surface area contributed by atoms with Gasteiger partial charge in [0, 0.05) is 29.2 Å². The fourth-order valence-corrected chi connectivity index (χ4v) is 6.00. The number of hydrogen-bond donors (Lipinski definition) is 1. The van der Waals surface area contributed by atoms with Crippen LogP contribution in [0.15, 0.2) is 45.9 Å². The Morgan fingerprint density at radius 2 is 1.94 bits per heavy atom. The minimum atomic E-state index is -1.82. The molecule has 2 aliphatic heterocycles. The van der Waals surface area contributed by atoms with Gasteiger partial charge in [0.05, 0.1) is 21.3 Å². The number of benzene rings is 1. The first-order valence-corrected chi connectivity index (χ1v) is 12.2. The SMILES string of the molecule is COC(=O)C1=C[C@@H](c2ccsc2)C2=C(C[C@H](C)[C@]3(Oc4c(Cl)c(OC)cc(OC)c4C3=O)C2=O)N1. The zero-order chi connectivity index (χ0) is 25.1. The van der Waals surface area contributed by atoms with E-state index in [1.807, 2.05) is 16.8 Å². The number of allylic oxidation sites excluding steroid dienone is 2. The largest absolute Gasteiger partial charge is 0.496 e. The van der Waals surface area contributed by atoms with Crippen LogP contribution in [0.1, 0.15) is 35.2 Å². The van der Waals surface area contributed by atoms with Crippen molar-refractivity contribution in [3.63, 3.8) is 0 Å². The second kappa shape index (κ2) is 8.42. The number of ketones is 2. The molecule has 5 rings (SSSR count). The molecule has 1 N–H and O–H groups in total. The molecule has 0 saturated carbocycles. The van der Waals surface area contributed by atoms with Crippen LogP contribution >= 0.6 is 22.9 Å². The standard InChI is InChI=1S/C25H22ClNO7S/c1-11-7-14-18(13(12-5-6-35-10-12)8-15(27-14)24(30)33-4)22(28)25(11)23(29)19-16(31-2)9-17(32-3)20(26)21(19)34-25/h5-6,8-11,13,27H,7H2,1-4H3/t11-,13-,25-/m0/s1. The lowest BCUT2D eigenvalue weighted by molar-refractivity contribution is -0.137. The van der Waals surface area contributed by atoms with Gasteiger partial charge in [-0.1, -0.05) is 18.5 Å². The summed E-state index contributed by atoms with van der Waals surface area (Å²) in [6.45, 7) is 1.76. The molecule has 3 aliphatic rings. The van der Waals surface area contributed by atoms with E-state index in [1.54, 1.807) is 13.0 Å². The molecule has 1 aromatic heterocycles. The molecular formula is C25H22ClNO7S. The van der Waals surface area contributed by atoms with Crippen LogP contribution in [-0.2, 0) is 14.3 Å². The third kappa shape index (κ3) is 3.21. The van der Waals surface area contributed by atoms with E-state index in [0.717, 1.165) is 5.56 Å². The van der Waals surface area contributed by atoms with Gasteiger partial charge in [0.1, 0.15) is 27.8 Å². The van der Waals surface area contributed by atoms with Crippen LogP contribution in [0, 0.1) is 5.92 Å². The molecule has 1 aromatic carbocycles. The Bertz CT molecular complexity index is 1330. The first kappa shape index (κ1) is 23.4. The number of carbonyl (C=O) groups is 3. The number of carbonyl (C=O) groups excluding carboxylic acids is 3. The van der Waals surface area contributed by atoms with Crippen LogP contribution < -0.4 is 19.5 Å². The molecule has 0 radical (unpaired) electrons. The normalized spacial score (nSPS) is 24.9. The Labute approximate surface area is 210 Å². The molecule has 3 heterocycles. The number of rotatable bonds is 4. The first-order chi connectivity index (χ1) is 16.8. The van der Waals surface area contributed by atoms with Crippen LogP contribution in [0.5, 0.6) is 17.2 Å². The zero-order valence-corrected chi connectivity index (χ0v) is 21.0. The zero-order valence-electron chi connectivity index (χ0n) is 19.4. The molecular weight excluding hydrogens is 494 g/mol. The smallest absolute Gasteiger partial charge is 0.354 e. The number of thiophene rings is 1. The topological polar surface area (TPSA) is 100 Å². The van der Waals surface area contributed by atoms with E-state index in [-0.39, 0.29) is 40.0 Å². The first-order valence-electron chi connectivity index (χ1n) is 10.8. The molecule has 3 atom stereocenters. The molecule has 0 bridgehead atoms. The van der Waals surface area contributed by atoms with Gasteiger partial charge < -0.3 is 24.3 Å². The molecule has 35 heavy (non-hydrogen) atoms. The molecule has 10 heteroatoms. The van der Waals surface area contributed by atoms with E-state index in [0.29, 0.717) is 11.3 Å². The highest BCUT2D eigenvalue weighted by Gasteiger charge is 2.63. The van der Waals surface area contributed by atoms with Crippen molar-refractivity contribution in [2.75, 3.05) is 21.3 Å². The molecule has 8 nitrogen and oxygen atoms in total. The minimum Gasteiger partial charge on any atom is -0.496 e. The van der Waals surface area contributed by atoms with Crippen LogP contribution in [-0.4, -0.2) is 44.5 Å². The highest BCUT2D eigenvalue weighted by molar-refractivity contribution is 7.08. The third-order valence-corrected chi connectivity index (χ3v) is 7.83. The van der Waals surface area contributed by atoms with Gasteiger partial charge in [-0.05, 0) is 34.9 Å². The van der Waals surface area contributed by atoms with Gasteiger partial charge in [-0.25, -0.2) is 4.79 Å². The summed E-state index contributed by atoms with van der Waals surface area (Å²) >= 11 is 7.98. The van der Waals surface area contributed by atoms with Crippen molar-refractivity contribution in [3.05, 3.63) is 62.1 Å². The highest BCUT2D eigenvalue weighted by atomic mass is 35.5. The number of Topliss-reactive ketones (excluding diaryl/α,β-unsaturated/α-hetero) is 2. The van der Waals surface area contributed by atoms with Gasteiger partial charge in [-0.3, -0.25) is 9.59 Å². The number of methoxy groups -OCH3 is 3. The maximum absolute atomic E-state index is 14.3. The van der Waals surface area contributed by atoms with Gasteiger partial charge >= 0.3 is 5.97 Å². The van der Waals surface area contributed by atoms with Crippen molar-refractivity contribution < 1.29 is 33.3 Å². The summed E-state index contributed by atoms with van der Waals surface area (Å²) in [6.07, 6.45) is 1.93. The summed E-state index contributed by atoms with van der Waals surface area (Å²) in [6, 6.07) is 3.39. The number of halogens is 1. The summed E-state index contributed by atoms with van der Waals surface area (Å²) in [5, 5.41) is 6.95. The van der Waals surface area contributed by atoms with Gasteiger partial charge in [0.2, 0.25) is 17.2 Å². The van der Waals surface area contributed by atoms with Gasteiger partial charge in [0.25, 0.3) is 0 Å². The minimum absolute atomic E-state index is 0.0683. The van der Waals surface area contributed by atoms with Crippen molar-refractivity contribution in [2.24, 2.45) is 5.92 Å². The summed E-state index contributed by atoms with van der Waals surface area (Å²) in [5.41, 5.74) is 0.298. The predicted molar refractivity (Wildman–Crippen MR) is 128 cm³/mol. The average Bonchev–Trinajstić information content (AvgIpc) is 3.50. The number of ether oxygens (including phenoxy) is 4. The molecule has 2 aromatic rings. The summed E-state index contributed by atoms with van der Waals surface area (Å²) in [4.78, 5) is 40.6. The molecule has 1 aliphatic carbocycles. The molecule has 1 spiro atoms. The summed E-state index contributed by atoms with van der Waals surface area (Å²) in [5.74, 6) is -2.11. The summed E-state index contributed by atoms with van der Waals surface area (Å²) in [7, 11) is 4.16. The van der Waals surface area contributed by atoms with Gasteiger partial charge in [-0.2, -0.15) is 11.3 Å². The Morgan fingerprint density at radius 1 is 1.20 bits per heavy atom. The fourth-order valence-electron chi connectivity index (χ4n) is 5.04. The Morgan fingerprint density at radius 3 is 2.57 bits per heavy atom. The average molecular weight is 516 g/mol. The van der Waals surface area contributed by atoms with Crippen LogP contribution in [0.2, 0.25) is 5.02 Å². The number of esters is 1. The Hall–Kier alpha value is -3.30. The van der Waals surface area contributed by atoms with E-state index < -0.39 is 35.0 Å². The quantitative estimate of drug-likeness (QED) is 0.481. The molecule has 0 unspecified atom stereocenters. The lowest BCUT2D eigenvalue weighted by Gasteiger charge is -2.41. The predicted octanol–water partition coefficient (Wildman–Crippen LogP) is 4.04. The Kier molecular flexibility index (Phi) is 5.64. The van der Waals surface area contributed by atoms with Crippen molar-refractivity contribution in [3.8, 4) is 17.2 Å². The van der Waals surface area contributed by atoms with Crippen molar-refractivity contribution in [2.45, 2.75) is 24.9 Å². The van der Waals surface area contributed by atoms with E-state index in [9.17, 15) is 14.4 Å². The van der Waals surface area contributed by atoms with E-state index in [4.69, 9.17) is 30.5 Å². The maximum Gasteiger partial charge on any atom is 0.354 e. The molecule has 0 saturated heterocycles. The van der Waals surface area contributed by atoms with Crippen molar-refractivity contribution in [1.29, 1.82) is 0 Å². The summed E-state index contributed by atoms with van der Waals surface area (Å²) < 4.78 is 21.9. The van der Waals surface area contributed by atoms with E-state index in [2.05, 4.69) is 5.32 Å².